The highest BCUT2D eigenvalue weighted by molar-refractivity contribution is 7.89. The molecule has 0 saturated carbocycles. The van der Waals surface area contributed by atoms with Gasteiger partial charge in [-0.3, -0.25) is 4.79 Å². The third-order valence-corrected chi connectivity index (χ3v) is 4.80. The van der Waals surface area contributed by atoms with Gasteiger partial charge >= 0.3 is 5.97 Å². The highest BCUT2D eigenvalue weighted by Crippen LogP contribution is 2.21. The van der Waals surface area contributed by atoms with E-state index in [4.69, 9.17) is 9.84 Å². The number of rotatable bonds is 6. The molecule has 6 nitrogen and oxygen atoms in total. The number of piperidine rings is 1. The fraction of sp³-hybridized carbons (Fsp3) is 0.900. The highest BCUT2D eigenvalue weighted by atomic mass is 32.2. The van der Waals surface area contributed by atoms with Gasteiger partial charge in [-0.05, 0) is 25.7 Å². The van der Waals surface area contributed by atoms with Gasteiger partial charge in [0, 0.05) is 20.3 Å². The van der Waals surface area contributed by atoms with Gasteiger partial charge in [0.1, 0.15) is 6.04 Å². The van der Waals surface area contributed by atoms with Gasteiger partial charge in [0.05, 0.1) is 5.75 Å². The van der Waals surface area contributed by atoms with Crippen LogP contribution in [0.1, 0.15) is 25.7 Å². The average Bonchev–Trinajstić information content (AvgIpc) is 2.29. The van der Waals surface area contributed by atoms with Crippen molar-refractivity contribution in [1.82, 2.24) is 4.31 Å². The van der Waals surface area contributed by atoms with E-state index in [1.165, 1.54) is 7.11 Å². The lowest BCUT2D eigenvalue weighted by molar-refractivity contribution is -0.142. The summed E-state index contributed by atoms with van der Waals surface area (Å²) in [5, 5.41) is 9.01. The molecule has 0 spiro atoms. The number of aliphatic carboxylic acids is 1. The van der Waals surface area contributed by atoms with Gasteiger partial charge in [0.2, 0.25) is 10.0 Å². The van der Waals surface area contributed by atoms with Gasteiger partial charge in [0.15, 0.2) is 0 Å². The first-order valence-corrected chi connectivity index (χ1v) is 7.31. The number of sulfonamides is 1. The smallest absolute Gasteiger partial charge is 0.322 e. The molecule has 0 aliphatic carbocycles. The van der Waals surface area contributed by atoms with Crippen LogP contribution in [0.25, 0.3) is 0 Å². The van der Waals surface area contributed by atoms with Crippen molar-refractivity contribution in [3.05, 3.63) is 0 Å². The first-order chi connectivity index (χ1) is 7.99. The number of hydrogen-bond donors (Lipinski definition) is 1. The van der Waals surface area contributed by atoms with Crippen LogP contribution in [0.5, 0.6) is 0 Å². The minimum atomic E-state index is -3.48. The number of ether oxygens (including phenoxy) is 1. The molecule has 1 rings (SSSR count). The van der Waals surface area contributed by atoms with Crippen LogP contribution in [0.4, 0.5) is 0 Å². The van der Waals surface area contributed by atoms with E-state index in [0.29, 0.717) is 26.0 Å². The molecular weight excluding hydrogens is 246 g/mol. The molecular formula is C10H19NO5S. The van der Waals surface area contributed by atoms with Crippen molar-refractivity contribution in [1.29, 1.82) is 0 Å². The second-order valence-electron chi connectivity index (χ2n) is 4.12. The van der Waals surface area contributed by atoms with Crippen LogP contribution in [0.15, 0.2) is 0 Å². The van der Waals surface area contributed by atoms with Crippen molar-refractivity contribution in [2.45, 2.75) is 31.7 Å². The van der Waals surface area contributed by atoms with Crippen molar-refractivity contribution in [2.24, 2.45) is 0 Å². The van der Waals surface area contributed by atoms with Gasteiger partial charge in [-0.15, -0.1) is 0 Å². The van der Waals surface area contributed by atoms with E-state index >= 15 is 0 Å². The summed E-state index contributed by atoms with van der Waals surface area (Å²) in [7, 11) is -1.97. The van der Waals surface area contributed by atoms with E-state index in [2.05, 4.69) is 0 Å². The monoisotopic (exact) mass is 265 g/mol. The minimum absolute atomic E-state index is 0.0510. The van der Waals surface area contributed by atoms with E-state index < -0.39 is 22.0 Å². The molecule has 1 atom stereocenters. The Morgan fingerprint density at radius 1 is 1.47 bits per heavy atom. The van der Waals surface area contributed by atoms with E-state index in [1.54, 1.807) is 0 Å². The highest BCUT2D eigenvalue weighted by Gasteiger charge is 2.36. The Balaban J connectivity index is 2.69. The minimum Gasteiger partial charge on any atom is -0.480 e. The SMILES string of the molecule is COCCCS(=O)(=O)N1CCCC[C@@H]1C(=O)O. The maximum atomic E-state index is 12.0. The molecule has 0 aromatic carbocycles. The van der Waals surface area contributed by atoms with E-state index in [1.807, 2.05) is 0 Å². The Bertz CT molecular complexity index is 354. The van der Waals surface area contributed by atoms with Crippen LogP contribution in [-0.2, 0) is 19.6 Å². The molecule has 7 heteroatoms. The van der Waals surface area contributed by atoms with Gasteiger partial charge in [-0.1, -0.05) is 0 Å². The van der Waals surface area contributed by atoms with E-state index in [-0.39, 0.29) is 5.75 Å². The molecule has 1 heterocycles. The molecule has 100 valence electrons. The van der Waals surface area contributed by atoms with Crippen LogP contribution in [-0.4, -0.2) is 55.9 Å². The predicted octanol–water partition coefficient (Wildman–Crippen LogP) is 0.292. The molecule has 1 aliphatic rings. The number of carboxylic acid groups (broad SMARTS) is 1. The van der Waals surface area contributed by atoms with E-state index in [0.717, 1.165) is 17.1 Å². The fourth-order valence-corrected chi connectivity index (χ4v) is 3.70. The van der Waals surface area contributed by atoms with Gasteiger partial charge in [0.25, 0.3) is 0 Å². The summed E-state index contributed by atoms with van der Waals surface area (Å²) in [6.07, 6.45) is 2.29. The Labute approximate surface area is 102 Å². The van der Waals surface area contributed by atoms with Crippen molar-refractivity contribution in [2.75, 3.05) is 26.0 Å². The van der Waals surface area contributed by atoms with Crippen LogP contribution in [0.2, 0.25) is 0 Å². The fourth-order valence-electron chi connectivity index (χ4n) is 1.99. The third-order valence-electron chi connectivity index (χ3n) is 2.85. The summed E-state index contributed by atoms with van der Waals surface area (Å²) >= 11 is 0. The molecule has 1 fully saturated rings. The Hall–Kier alpha value is -0.660. The van der Waals surface area contributed by atoms with Crippen LogP contribution < -0.4 is 0 Å². The van der Waals surface area contributed by atoms with Crippen molar-refractivity contribution < 1.29 is 23.1 Å². The third kappa shape index (κ3) is 3.93. The Morgan fingerprint density at radius 3 is 2.76 bits per heavy atom. The molecule has 0 aromatic heterocycles. The summed E-state index contributed by atoms with van der Waals surface area (Å²) < 4.78 is 29.9. The molecule has 0 unspecified atom stereocenters. The first-order valence-electron chi connectivity index (χ1n) is 5.70. The summed E-state index contributed by atoms with van der Waals surface area (Å²) in [4.78, 5) is 11.0. The topological polar surface area (TPSA) is 83.9 Å². The molecule has 0 aromatic rings. The van der Waals surface area contributed by atoms with Crippen LogP contribution in [0, 0.1) is 0 Å². The number of hydrogen-bond acceptors (Lipinski definition) is 4. The maximum absolute atomic E-state index is 12.0. The molecule has 1 N–H and O–H groups in total. The summed E-state index contributed by atoms with van der Waals surface area (Å²) in [6.45, 7) is 0.678. The lowest BCUT2D eigenvalue weighted by Gasteiger charge is -2.31. The van der Waals surface area contributed by atoms with Crippen LogP contribution in [0.3, 0.4) is 0 Å². The zero-order valence-corrected chi connectivity index (χ0v) is 10.8. The molecule has 0 amide bonds. The molecule has 17 heavy (non-hydrogen) atoms. The number of carbonyl (C=O) groups is 1. The second kappa shape index (κ2) is 6.32. The van der Waals surface area contributed by atoms with Crippen molar-refractivity contribution in [3.8, 4) is 0 Å². The standard InChI is InChI=1S/C10H19NO5S/c1-16-7-4-8-17(14,15)11-6-3-2-5-9(11)10(12)13/h9H,2-8H2,1H3,(H,12,13)/t9-/m1/s1. The number of carboxylic acids is 1. The zero-order chi connectivity index (χ0) is 12.9. The molecule has 0 bridgehead atoms. The molecule has 1 saturated heterocycles. The molecule has 1 aliphatic heterocycles. The van der Waals surface area contributed by atoms with Gasteiger partial charge < -0.3 is 9.84 Å². The lowest BCUT2D eigenvalue weighted by Crippen LogP contribution is -2.48. The lowest BCUT2D eigenvalue weighted by atomic mass is 10.1. The Kier molecular flexibility index (Phi) is 5.35. The zero-order valence-electron chi connectivity index (χ0n) is 9.96. The predicted molar refractivity (Wildman–Crippen MR) is 62.3 cm³/mol. The van der Waals surface area contributed by atoms with E-state index in [9.17, 15) is 13.2 Å². The van der Waals surface area contributed by atoms with Crippen LogP contribution >= 0.6 is 0 Å². The van der Waals surface area contributed by atoms with Crippen molar-refractivity contribution >= 4 is 16.0 Å². The maximum Gasteiger partial charge on any atom is 0.322 e. The summed E-state index contributed by atoms with van der Waals surface area (Å²) in [5.41, 5.74) is 0. The normalized spacial score (nSPS) is 22.5. The average molecular weight is 265 g/mol. The molecule has 0 radical (unpaired) electrons. The van der Waals surface area contributed by atoms with Gasteiger partial charge in [-0.25, -0.2) is 8.42 Å². The number of nitrogens with zero attached hydrogens (tertiary/aromatic N) is 1. The van der Waals surface area contributed by atoms with Crippen molar-refractivity contribution in [3.63, 3.8) is 0 Å². The number of methoxy groups -OCH3 is 1. The largest absolute Gasteiger partial charge is 0.480 e. The summed E-state index contributed by atoms with van der Waals surface area (Å²) in [6, 6.07) is -0.892. The quantitative estimate of drug-likeness (QED) is 0.698. The van der Waals surface area contributed by atoms with Gasteiger partial charge in [-0.2, -0.15) is 4.31 Å². The Morgan fingerprint density at radius 2 is 2.18 bits per heavy atom. The first kappa shape index (κ1) is 14.4. The summed E-state index contributed by atoms with van der Waals surface area (Å²) in [5.74, 6) is -1.11. The second-order valence-corrected chi connectivity index (χ2v) is 6.16.